The Morgan fingerprint density at radius 3 is 3.00 bits per heavy atom. The average molecular weight is 328 g/mol. The van der Waals surface area contributed by atoms with Gasteiger partial charge in [0.05, 0.1) is 11.3 Å². The topological polar surface area (TPSA) is 98.7 Å². The van der Waals surface area contributed by atoms with E-state index in [1.54, 1.807) is 40.9 Å². The summed E-state index contributed by atoms with van der Waals surface area (Å²) in [5, 5.41) is 14.7. The fourth-order valence-electron chi connectivity index (χ4n) is 2.31. The quantitative estimate of drug-likeness (QED) is 0.784. The van der Waals surface area contributed by atoms with Crippen LogP contribution in [0.15, 0.2) is 29.0 Å². The van der Waals surface area contributed by atoms with Gasteiger partial charge >= 0.3 is 0 Å². The number of hydrogen-bond acceptors (Lipinski definition) is 7. The van der Waals surface area contributed by atoms with Crippen molar-refractivity contribution >= 4 is 23.6 Å². The van der Waals surface area contributed by atoms with E-state index in [0.29, 0.717) is 11.7 Å². The van der Waals surface area contributed by atoms with Crippen LogP contribution in [-0.2, 0) is 11.5 Å². The van der Waals surface area contributed by atoms with Gasteiger partial charge in [-0.3, -0.25) is 14.7 Å². The molecule has 0 fully saturated rings. The van der Waals surface area contributed by atoms with Crippen molar-refractivity contribution in [1.82, 2.24) is 24.9 Å². The van der Waals surface area contributed by atoms with Crippen molar-refractivity contribution in [1.29, 1.82) is 0 Å². The van der Waals surface area contributed by atoms with Crippen LogP contribution in [-0.4, -0.2) is 30.8 Å². The second-order valence-corrected chi connectivity index (χ2v) is 5.99. The molecule has 0 aliphatic carbocycles. The number of anilines is 1. The monoisotopic (exact) mass is 328 g/mol. The Morgan fingerprint density at radius 1 is 1.35 bits per heavy atom. The zero-order valence-corrected chi connectivity index (χ0v) is 13.0. The second kappa shape index (κ2) is 5.51. The molecule has 0 saturated heterocycles. The lowest BCUT2D eigenvalue weighted by Gasteiger charge is -2.04. The van der Waals surface area contributed by atoms with E-state index in [-0.39, 0.29) is 11.6 Å². The molecule has 1 aliphatic rings. The zero-order chi connectivity index (χ0) is 15.8. The molecule has 116 valence electrons. The van der Waals surface area contributed by atoms with Gasteiger partial charge < -0.3 is 4.52 Å². The number of aryl methyl sites for hydroxylation is 1. The molecule has 1 aliphatic heterocycles. The number of aromatic nitrogens is 5. The molecule has 3 aromatic heterocycles. The lowest BCUT2D eigenvalue weighted by Crippen LogP contribution is -2.15. The van der Waals surface area contributed by atoms with Gasteiger partial charge in [0.2, 0.25) is 5.88 Å². The lowest BCUT2D eigenvalue weighted by molar-refractivity contribution is 0.101. The van der Waals surface area contributed by atoms with Crippen LogP contribution in [0.25, 0.3) is 5.82 Å². The maximum atomic E-state index is 12.2. The van der Waals surface area contributed by atoms with Gasteiger partial charge in [-0.05, 0) is 19.1 Å². The fourth-order valence-corrected chi connectivity index (χ4v) is 3.34. The largest absolute Gasteiger partial charge is 0.338 e. The molecule has 0 spiro atoms. The maximum absolute atomic E-state index is 12.2. The number of carbonyl (C=O) groups is 1. The highest BCUT2D eigenvalue weighted by atomic mass is 32.2. The third kappa shape index (κ3) is 2.48. The molecule has 0 aromatic carbocycles. The summed E-state index contributed by atoms with van der Waals surface area (Å²) >= 11 is 1.74. The Labute approximate surface area is 135 Å². The predicted octanol–water partition coefficient (Wildman–Crippen LogP) is 1.96. The molecule has 23 heavy (non-hydrogen) atoms. The van der Waals surface area contributed by atoms with Crippen LogP contribution in [0.3, 0.4) is 0 Å². The first-order chi connectivity index (χ1) is 11.2. The SMILES string of the molecule is Cc1nccn1-c1ccc(C(=O)Nc2onc3c2CSC3)nn1. The summed E-state index contributed by atoms with van der Waals surface area (Å²) in [4.78, 5) is 16.4. The summed E-state index contributed by atoms with van der Waals surface area (Å²) in [5.41, 5.74) is 2.05. The molecular weight excluding hydrogens is 316 g/mol. The molecule has 0 radical (unpaired) electrons. The van der Waals surface area contributed by atoms with Crippen LogP contribution in [0.2, 0.25) is 0 Å². The minimum Gasteiger partial charge on any atom is -0.338 e. The number of imidazole rings is 1. The van der Waals surface area contributed by atoms with Gasteiger partial charge in [0, 0.05) is 23.9 Å². The van der Waals surface area contributed by atoms with Gasteiger partial charge in [0.25, 0.3) is 5.91 Å². The van der Waals surface area contributed by atoms with E-state index in [1.807, 2.05) is 6.92 Å². The molecule has 4 rings (SSSR count). The fraction of sp³-hybridized carbons (Fsp3) is 0.214. The van der Waals surface area contributed by atoms with Gasteiger partial charge in [-0.25, -0.2) is 4.98 Å². The molecule has 0 saturated carbocycles. The molecule has 9 heteroatoms. The van der Waals surface area contributed by atoms with Crippen LogP contribution < -0.4 is 5.32 Å². The molecule has 1 amide bonds. The third-order valence-electron chi connectivity index (χ3n) is 3.54. The Hall–Kier alpha value is -2.68. The number of carbonyl (C=O) groups excluding carboxylic acids is 1. The summed E-state index contributed by atoms with van der Waals surface area (Å²) in [6.07, 6.45) is 3.47. The highest BCUT2D eigenvalue weighted by molar-refractivity contribution is 7.98. The zero-order valence-electron chi connectivity index (χ0n) is 12.2. The summed E-state index contributed by atoms with van der Waals surface area (Å²) in [6.45, 7) is 1.87. The summed E-state index contributed by atoms with van der Waals surface area (Å²) in [7, 11) is 0. The predicted molar refractivity (Wildman–Crippen MR) is 83.3 cm³/mol. The Kier molecular flexibility index (Phi) is 3.34. The molecule has 4 heterocycles. The number of amides is 1. The van der Waals surface area contributed by atoms with Gasteiger partial charge in [-0.15, -0.1) is 10.2 Å². The average Bonchev–Trinajstić information content (AvgIpc) is 3.26. The minimum absolute atomic E-state index is 0.210. The van der Waals surface area contributed by atoms with E-state index in [2.05, 4.69) is 25.7 Å². The molecule has 0 unspecified atom stereocenters. The standard InChI is InChI=1S/C14H12N6O2S/c1-8-15-4-5-20(8)12-3-2-10(17-18-12)13(21)16-14-9-6-23-7-11(9)19-22-14/h2-5H,6-7H2,1H3,(H,16,21). The van der Waals surface area contributed by atoms with E-state index in [0.717, 1.165) is 28.6 Å². The molecule has 1 N–H and O–H groups in total. The van der Waals surface area contributed by atoms with Gasteiger partial charge in [0.15, 0.2) is 11.5 Å². The van der Waals surface area contributed by atoms with Crippen LogP contribution in [0, 0.1) is 6.92 Å². The van der Waals surface area contributed by atoms with Crippen molar-refractivity contribution in [2.24, 2.45) is 0 Å². The Morgan fingerprint density at radius 2 is 2.26 bits per heavy atom. The molecular formula is C14H12N6O2S. The summed E-state index contributed by atoms with van der Waals surface area (Å²) in [6, 6.07) is 3.33. The molecule has 0 atom stereocenters. The van der Waals surface area contributed by atoms with Crippen molar-refractivity contribution in [2.75, 3.05) is 5.32 Å². The number of hydrogen-bond donors (Lipinski definition) is 1. The third-order valence-corrected chi connectivity index (χ3v) is 4.51. The summed E-state index contributed by atoms with van der Waals surface area (Å²) in [5.74, 6) is 3.03. The molecule has 8 nitrogen and oxygen atoms in total. The van der Waals surface area contributed by atoms with Gasteiger partial charge in [-0.1, -0.05) is 5.16 Å². The normalized spacial score (nSPS) is 13.1. The highest BCUT2D eigenvalue weighted by Crippen LogP contribution is 2.34. The molecule has 0 bridgehead atoms. The van der Waals surface area contributed by atoms with E-state index >= 15 is 0 Å². The lowest BCUT2D eigenvalue weighted by atomic mass is 10.3. The van der Waals surface area contributed by atoms with E-state index in [9.17, 15) is 4.79 Å². The van der Waals surface area contributed by atoms with Crippen LogP contribution >= 0.6 is 11.8 Å². The Bertz CT molecular complexity index is 870. The first-order valence-corrected chi connectivity index (χ1v) is 8.08. The van der Waals surface area contributed by atoms with Crippen molar-refractivity contribution in [3.63, 3.8) is 0 Å². The van der Waals surface area contributed by atoms with Gasteiger partial charge in [-0.2, -0.15) is 11.8 Å². The first-order valence-electron chi connectivity index (χ1n) is 6.93. The van der Waals surface area contributed by atoms with E-state index in [4.69, 9.17) is 4.52 Å². The number of fused-ring (bicyclic) bond motifs is 1. The Balaban J connectivity index is 1.54. The summed E-state index contributed by atoms with van der Waals surface area (Å²) < 4.78 is 6.96. The number of rotatable bonds is 3. The van der Waals surface area contributed by atoms with Crippen molar-refractivity contribution < 1.29 is 9.32 Å². The number of thioether (sulfide) groups is 1. The van der Waals surface area contributed by atoms with Gasteiger partial charge in [0.1, 0.15) is 5.82 Å². The van der Waals surface area contributed by atoms with E-state index < -0.39 is 0 Å². The van der Waals surface area contributed by atoms with Crippen LogP contribution in [0.5, 0.6) is 0 Å². The van der Waals surface area contributed by atoms with Crippen LogP contribution in [0.1, 0.15) is 27.6 Å². The minimum atomic E-state index is -0.373. The van der Waals surface area contributed by atoms with Crippen molar-refractivity contribution in [3.8, 4) is 5.82 Å². The maximum Gasteiger partial charge on any atom is 0.278 e. The first kappa shape index (κ1) is 13.9. The smallest absolute Gasteiger partial charge is 0.278 e. The second-order valence-electron chi connectivity index (χ2n) is 5.01. The van der Waals surface area contributed by atoms with Crippen molar-refractivity contribution in [2.45, 2.75) is 18.4 Å². The van der Waals surface area contributed by atoms with Crippen LogP contribution in [0.4, 0.5) is 5.88 Å². The van der Waals surface area contributed by atoms with E-state index in [1.165, 1.54) is 0 Å². The van der Waals surface area contributed by atoms with Crippen molar-refractivity contribution in [3.05, 3.63) is 47.3 Å². The molecule has 3 aromatic rings. The number of nitrogens with one attached hydrogen (secondary N) is 1. The number of nitrogens with zero attached hydrogens (tertiary/aromatic N) is 5. The highest BCUT2D eigenvalue weighted by Gasteiger charge is 2.23.